The molecule has 94 valence electrons. The minimum atomic E-state index is 0.393. The molecule has 0 radical (unpaired) electrons. The summed E-state index contributed by atoms with van der Waals surface area (Å²) in [5.74, 6) is 1.23. The molecule has 0 spiro atoms. The lowest BCUT2D eigenvalue weighted by molar-refractivity contribution is 0.453. The van der Waals surface area contributed by atoms with Crippen LogP contribution in [0, 0.1) is 5.92 Å². The number of fused-ring (bicyclic) bond motifs is 1. The fraction of sp³-hybridized carbons (Fsp3) is 0.375. The molecule has 3 rings (SSSR count). The van der Waals surface area contributed by atoms with Gasteiger partial charge in [0.05, 0.1) is 0 Å². The molecule has 0 saturated heterocycles. The smallest absolute Gasteiger partial charge is 0.120 e. The molecule has 0 aromatic heterocycles. The van der Waals surface area contributed by atoms with Gasteiger partial charge in [0.1, 0.15) is 5.75 Å². The fourth-order valence-electron chi connectivity index (χ4n) is 2.54. The predicted molar refractivity (Wildman–Crippen MR) is 74.6 cm³/mol. The highest BCUT2D eigenvalue weighted by atomic mass is 16.3. The van der Waals surface area contributed by atoms with Crippen LogP contribution >= 0.6 is 0 Å². The van der Waals surface area contributed by atoms with Crippen molar-refractivity contribution in [3.8, 4) is 5.75 Å². The van der Waals surface area contributed by atoms with Crippen molar-refractivity contribution < 1.29 is 5.11 Å². The number of phenols is 1. The molecule has 0 aliphatic heterocycles. The first-order valence-electron chi connectivity index (χ1n) is 6.68. The van der Waals surface area contributed by atoms with Gasteiger partial charge in [-0.2, -0.15) is 0 Å². The summed E-state index contributed by atoms with van der Waals surface area (Å²) in [5, 5.41) is 15.9. The Labute approximate surface area is 108 Å². The van der Waals surface area contributed by atoms with E-state index >= 15 is 0 Å². The minimum absolute atomic E-state index is 0.393. The minimum Gasteiger partial charge on any atom is -0.508 e. The third-order valence-electron chi connectivity index (χ3n) is 3.95. The highest BCUT2D eigenvalue weighted by Gasteiger charge is 2.27. The van der Waals surface area contributed by atoms with Gasteiger partial charge in [-0.15, -0.1) is 0 Å². The van der Waals surface area contributed by atoms with Crippen molar-refractivity contribution in [1.29, 1.82) is 0 Å². The second kappa shape index (κ2) is 4.62. The number of benzene rings is 2. The Hall–Kier alpha value is -1.54. The molecule has 2 heteroatoms. The van der Waals surface area contributed by atoms with E-state index in [1.807, 2.05) is 18.2 Å². The number of aromatic hydroxyl groups is 1. The molecule has 1 fully saturated rings. The Morgan fingerprint density at radius 1 is 1.22 bits per heavy atom. The standard InChI is InChI=1S/C16H19NO/c1-11(12-6-7-12)17-10-15-14-5-3-2-4-13(14)8-9-16(15)18/h2-5,8-9,11-12,17-18H,6-7,10H2,1H3. The first kappa shape index (κ1) is 11.5. The van der Waals surface area contributed by atoms with Gasteiger partial charge in [-0.3, -0.25) is 0 Å². The zero-order valence-corrected chi connectivity index (χ0v) is 10.7. The molecule has 0 amide bonds. The summed E-state index contributed by atoms with van der Waals surface area (Å²) in [7, 11) is 0. The molecular weight excluding hydrogens is 222 g/mol. The van der Waals surface area contributed by atoms with E-state index in [0.717, 1.165) is 23.4 Å². The Kier molecular flexibility index (Phi) is 2.96. The summed E-state index contributed by atoms with van der Waals surface area (Å²) in [4.78, 5) is 0. The van der Waals surface area contributed by atoms with Crippen LogP contribution < -0.4 is 5.32 Å². The van der Waals surface area contributed by atoms with E-state index in [2.05, 4.69) is 24.4 Å². The molecule has 2 N–H and O–H groups in total. The summed E-state index contributed by atoms with van der Waals surface area (Å²) in [6.07, 6.45) is 2.69. The second-order valence-electron chi connectivity index (χ2n) is 5.29. The molecule has 1 saturated carbocycles. The molecular formula is C16H19NO. The Morgan fingerprint density at radius 3 is 2.78 bits per heavy atom. The van der Waals surface area contributed by atoms with Gasteiger partial charge < -0.3 is 10.4 Å². The molecule has 2 aromatic carbocycles. The molecule has 0 heterocycles. The summed E-state index contributed by atoms with van der Waals surface area (Å²) >= 11 is 0. The maximum atomic E-state index is 10.0. The van der Waals surface area contributed by atoms with Crippen LogP contribution in [0.4, 0.5) is 0 Å². The predicted octanol–water partition coefficient (Wildman–Crippen LogP) is 3.43. The van der Waals surface area contributed by atoms with E-state index < -0.39 is 0 Å². The van der Waals surface area contributed by atoms with Crippen molar-refractivity contribution in [1.82, 2.24) is 5.32 Å². The molecule has 1 unspecified atom stereocenters. The van der Waals surface area contributed by atoms with Crippen molar-refractivity contribution in [2.24, 2.45) is 5.92 Å². The van der Waals surface area contributed by atoms with Crippen LogP contribution in [0.15, 0.2) is 36.4 Å². The molecule has 18 heavy (non-hydrogen) atoms. The van der Waals surface area contributed by atoms with E-state index in [0.29, 0.717) is 11.8 Å². The summed E-state index contributed by atoms with van der Waals surface area (Å²) < 4.78 is 0. The molecule has 1 aliphatic carbocycles. The molecule has 1 atom stereocenters. The number of hydrogen-bond donors (Lipinski definition) is 2. The van der Waals surface area contributed by atoms with E-state index in [1.54, 1.807) is 6.07 Å². The number of phenolic OH excluding ortho intramolecular Hbond substituents is 1. The van der Waals surface area contributed by atoms with Crippen LogP contribution in [0.5, 0.6) is 5.75 Å². The van der Waals surface area contributed by atoms with E-state index in [4.69, 9.17) is 0 Å². The molecule has 1 aliphatic rings. The van der Waals surface area contributed by atoms with Gasteiger partial charge in [-0.1, -0.05) is 30.3 Å². The maximum absolute atomic E-state index is 10.0. The summed E-state index contributed by atoms with van der Waals surface area (Å²) in [5.41, 5.74) is 1.01. The molecule has 2 nitrogen and oxygen atoms in total. The highest BCUT2D eigenvalue weighted by Crippen LogP contribution is 2.33. The maximum Gasteiger partial charge on any atom is 0.120 e. The second-order valence-corrected chi connectivity index (χ2v) is 5.29. The quantitative estimate of drug-likeness (QED) is 0.859. The monoisotopic (exact) mass is 241 g/mol. The topological polar surface area (TPSA) is 32.3 Å². The zero-order chi connectivity index (χ0) is 12.5. The van der Waals surface area contributed by atoms with Crippen LogP contribution in [0.25, 0.3) is 10.8 Å². The van der Waals surface area contributed by atoms with Crippen molar-refractivity contribution in [2.75, 3.05) is 0 Å². The van der Waals surface area contributed by atoms with Gasteiger partial charge in [0.25, 0.3) is 0 Å². The average molecular weight is 241 g/mol. The Balaban J connectivity index is 1.87. The van der Waals surface area contributed by atoms with Crippen LogP contribution in [-0.4, -0.2) is 11.1 Å². The first-order chi connectivity index (χ1) is 8.75. The lowest BCUT2D eigenvalue weighted by Crippen LogP contribution is -2.27. The summed E-state index contributed by atoms with van der Waals surface area (Å²) in [6, 6.07) is 12.5. The fourth-order valence-corrected chi connectivity index (χ4v) is 2.54. The number of hydrogen-bond acceptors (Lipinski definition) is 2. The van der Waals surface area contributed by atoms with Crippen LogP contribution in [0.3, 0.4) is 0 Å². The van der Waals surface area contributed by atoms with Crippen molar-refractivity contribution in [3.63, 3.8) is 0 Å². The lowest BCUT2D eigenvalue weighted by atomic mass is 10.0. The number of nitrogens with one attached hydrogen (secondary N) is 1. The normalized spacial score (nSPS) is 16.9. The lowest BCUT2D eigenvalue weighted by Gasteiger charge is -2.15. The van der Waals surface area contributed by atoms with Crippen LogP contribution in [0.2, 0.25) is 0 Å². The zero-order valence-electron chi connectivity index (χ0n) is 10.7. The van der Waals surface area contributed by atoms with Crippen molar-refractivity contribution in [2.45, 2.75) is 32.4 Å². The van der Waals surface area contributed by atoms with Gasteiger partial charge in [-0.05, 0) is 42.5 Å². The largest absolute Gasteiger partial charge is 0.508 e. The van der Waals surface area contributed by atoms with Crippen molar-refractivity contribution >= 4 is 10.8 Å². The highest BCUT2D eigenvalue weighted by molar-refractivity contribution is 5.87. The molecule has 0 bridgehead atoms. The van der Waals surface area contributed by atoms with Crippen LogP contribution in [-0.2, 0) is 6.54 Å². The number of rotatable bonds is 4. The first-order valence-corrected chi connectivity index (χ1v) is 6.68. The summed E-state index contributed by atoms with van der Waals surface area (Å²) in [6.45, 7) is 2.98. The van der Waals surface area contributed by atoms with Crippen LogP contribution in [0.1, 0.15) is 25.3 Å². The van der Waals surface area contributed by atoms with E-state index in [1.165, 1.54) is 18.2 Å². The Bertz CT molecular complexity index is 560. The average Bonchev–Trinajstić information content (AvgIpc) is 3.21. The third kappa shape index (κ3) is 2.21. The molecule has 2 aromatic rings. The van der Waals surface area contributed by atoms with Gasteiger partial charge in [0.15, 0.2) is 0 Å². The third-order valence-corrected chi connectivity index (χ3v) is 3.95. The van der Waals surface area contributed by atoms with Gasteiger partial charge >= 0.3 is 0 Å². The Morgan fingerprint density at radius 2 is 2.00 bits per heavy atom. The SMILES string of the molecule is CC(NCc1c(O)ccc2ccccc12)C1CC1. The van der Waals surface area contributed by atoms with Crippen molar-refractivity contribution in [3.05, 3.63) is 42.0 Å². The van der Waals surface area contributed by atoms with Gasteiger partial charge in [0, 0.05) is 18.2 Å². The van der Waals surface area contributed by atoms with Gasteiger partial charge in [0.2, 0.25) is 0 Å². The van der Waals surface area contributed by atoms with E-state index in [-0.39, 0.29) is 0 Å². The van der Waals surface area contributed by atoms with Gasteiger partial charge in [-0.25, -0.2) is 0 Å². The van der Waals surface area contributed by atoms with E-state index in [9.17, 15) is 5.11 Å².